The molecule has 25 heavy (non-hydrogen) atoms. The average Bonchev–Trinajstić information content (AvgIpc) is 3.22. The molecule has 2 heterocycles. The van der Waals surface area contributed by atoms with E-state index in [0.29, 0.717) is 30.9 Å². The lowest BCUT2D eigenvalue weighted by Crippen LogP contribution is -2.40. The highest BCUT2D eigenvalue weighted by atomic mass is 32.2. The van der Waals surface area contributed by atoms with Crippen LogP contribution in [0.15, 0.2) is 41.8 Å². The number of hydrogen-bond acceptors (Lipinski definition) is 5. The highest BCUT2D eigenvalue weighted by Gasteiger charge is 2.35. The number of sulfone groups is 1. The van der Waals surface area contributed by atoms with Gasteiger partial charge in [0.2, 0.25) is 0 Å². The molecule has 3 rings (SSSR count). The summed E-state index contributed by atoms with van der Waals surface area (Å²) in [6.07, 6.45) is 0.497. The second kappa shape index (κ2) is 7.58. The lowest BCUT2D eigenvalue weighted by Gasteiger charge is -2.28. The number of ether oxygens (including phenoxy) is 1. The first-order valence-electron chi connectivity index (χ1n) is 8.25. The van der Waals surface area contributed by atoms with E-state index in [1.165, 1.54) is 0 Å². The zero-order chi connectivity index (χ0) is 17.9. The van der Waals surface area contributed by atoms with Gasteiger partial charge >= 0.3 is 0 Å². The van der Waals surface area contributed by atoms with Gasteiger partial charge in [-0.1, -0.05) is 6.07 Å². The Labute approximate surface area is 152 Å². The third-order valence-electron chi connectivity index (χ3n) is 4.23. The Morgan fingerprint density at radius 2 is 2.04 bits per heavy atom. The Hall–Kier alpha value is -1.86. The van der Waals surface area contributed by atoms with Crippen LogP contribution in [0.2, 0.25) is 0 Å². The van der Waals surface area contributed by atoms with Crippen molar-refractivity contribution < 1.29 is 17.9 Å². The maximum atomic E-state index is 13.0. The topological polar surface area (TPSA) is 63.7 Å². The summed E-state index contributed by atoms with van der Waals surface area (Å²) in [5.41, 5.74) is 0.546. The molecule has 0 spiro atoms. The molecule has 1 aromatic heterocycles. The van der Waals surface area contributed by atoms with E-state index in [1.54, 1.807) is 40.5 Å². The molecule has 1 aliphatic rings. The van der Waals surface area contributed by atoms with Gasteiger partial charge in [0, 0.05) is 16.5 Å². The first kappa shape index (κ1) is 17.9. The molecular weight excluding hydrogens is 358 g/mol. The van der Waals surface area contributed by atoms with Crippen LogP contribution in [-0.4, -0.2) is 43.4 Å². The molecule has 1 saturated heterocycles. The minimum absolute atomic E-state index is 0.0428. The number of carbonyl (C=O) groups is 1. The van der Waals surface area contributed by atoms with Crippen LogP contribution < -0.4 is 4.74 Å². The van der Waals surface area contributed by atoms with Crippen molar-refractivity contribution in [3.63, 3.8) is 0 Å². The van der Waals surface area contributed by atoms with Crippen LogP contribution in [0.4, 0.5) is 0 Å². The number of amides is 1. The van der Waals surface area contributed by atoms with Crippen LogP contribution in [0.3, 0.4) is 0 Å². The van der Waals surface area contributed by atoms with Crippen molar-refractivity contribution in [2.24, 2.45) is 0 Å². The van der Waals surface area contributed by atoms with Gasteiger partial charge in [0.1, 0.15) is 5.75 Å². The summed E-state index contributed by atoms with van der Waals surface area (Å²) >= 11 is 1.57. The summed E-state index contributed by atoms with van der Waals surface area (Å²) in [6.45, 7) is 2.91. The second-order valence-electron chi connectivity index (χ2n) is 6.03. The van der Waals surface area contributed by atoms with Crippen LogP contribution in [0.5, 0.6) is 5.75 Å². The van der Waals surface area contributed by atoms with Crippen LogP contribution >= 0.6 is 11.3 Å². The molecule has 2 aromatic rings. The predicted molar refractivity (Wildman–Crippen MR) is 98.9 cm³/mol. The normalized spacial score (nSPS) is 18.8. The number of thiophene rings is 1. The molecule has 7 heteroatoms. The Morgan fingerprint density at radius 1 is 1.28 bits per heavy atom. The molecule has 0 bridgehead atoms. The molecule has 0 radical (unpaired) electrons. The summed E-state index contributed by atoms with van der Waals surface area (Å²) in [4.78, 5) is 15.8. The van der Waals surface area contributed by atoms with Gasteiger partial charge in [-0.15, -0.1) is 11.3 Å². The molecule has 1 fully saturated rings. The van der Waals surface area contributed by atoms with Crippen molar-refractivity contribution in [2.75, 3.05) is 18.1 Å². The second-order valence-corrected chi connectivity index (χ2v) is 9.29. The fourth-order valence-corrected chi connectivity index (χ4v) is 5.42. The van der Waals surface area contributed by atoms with E-state index >= 15 is 0 Å². The third-order valence-corrected chi connectivity index (χ3v) is 6.84. The highest BCUT2D eigenvalue weighted by molar-refractivity contribution is 7.91. The zero-order valence-electron chi connectivity index (χ0n) is 14.1. The fourth-order valence-electron chi connectivity index (χ4n) is 2.98. The summed E-state index contributed by atoms with van der Waals surface area (Å²) < 4.78 is 29.2. The number of rotatable bonds is 6. The van der Waals surface area contributed by atoms with Crippen molar-refractivity contribution in [3.8, 4) is 5.75 Å². The van der Waals surface area contributed by atoms with E-state index in [0.717, 1.165) is 4.88 Å². The Kier molecular flexibility index (Phi) is 5.44. The van der Waals surface area contributed by atoms with E-state index < -0.39 is 9.84 Å². The van der Waals surface area contributed by atoms with Crippen molar-refractivity contribution >= 4 is 27.1 Å². The lowest BCUT2D eigenvalue weighted by atomic mass is 10.1. The molecule has 0 saturated carbocycles. The Morgan fingerprint density at radius 3 is 2.60 bits per heavy atom. The summed E-state index contributed by atoms with van der Waals surface area (Å²) in [5, 5.41) is 1.96. The Balaban J connectivity index is 1.83. The predicted octanol–water partition coefficient (Wildman–Crippen LogP) is 2.98. The fraction of sp³-hybridized carbons (Fsp3) is 0.389. The standard InChI is InChI=1S/C18H21NO4S2/c1-2-23-16-7-5-14(6-8-16)18(20)19(12-17-4-3-10-24-17)15-9-11-25(21,22)13-15/h3-8,10,15H,2,9,11-13H2,1H3. The first-order valence-corrected chi connectivity index (χ1v) is 11.0. The summed E-state index contributed by atoms with van der Waals surface area (Å²) in [7, 11) is -3.06. The zero-order valence-corrected chi connectivity index (χ0v) is 15.7. The molecule has 1 aliphatic heterocycles. The van der Waals surface area contributed by atoms with Gasteiger partial charge in [0.25, 0.3) is 5.91 Å². The van der Waals surface area contributed by atoms with Crippen molar-refractivity contribution in [1.29, 1.82) is 0 Å². The maximum absolute atomic E-state index is 13.0. The first-order chi connectivity index (χ1) is 12.0. The molecule has 1 unspecified atom stereocenters. The minimum atomic E-state index is -3.06. The van der Waals surface area contributed by atoms with Gasteiger partial charge in [-0.2, -0.15) is 0 Å². The molecule has 1 atom stereocenters. The molecular formula is C18H21NO4S2. The molecule has 1 amide bonds. The van der Waals surface area contributed by atoms with Crippen LogP contribution in [-0.2, 0) is 16.4 Å². The van der Waals surface area contributed by atoms with E-state index in [9.17, 15) is 13.2 Å². The van der Waals surface area contributed by atoms with Gasteiger partial charge < -0.3 is 9.64 Å². The number of hydrogen-bond donors (Lipinski definition) is 0. The minimum Gasteiger partial charge on any atom is -0.494 e. The number of benzene rings is 1. The van der Waals surface area contributed by atoms with Gasteiger partial charge in [-0.25, -0.2) is 8.42 Å². The lowest BCUT2D eigenvalue weighted by molar-refractivity contribution is 0.0683. The van der Waals surface area contributed by atoms with E-state index in [-0.39, 0.29) is 23.5 Å². The van der Waals surface area contributed by atoms with E-state index in [4.69, 9.17) is 4.74 Å². The molecule has 1 aromatic carbocycles. The number of nitrogens with zero attached hydrogens (tertiary/aromatic N) is 1. The van der Waals surface area contributed by atoms with Crippen LogP contribution in [0.25, 0.3) is 0 Å². The van der Waals surface area contributed by atoms with Gasteiger partial charge in [0.15, 0.2) is 9.84 Å². The molecule has 5 nitrogen and oxygen atoms in total. The summed E-state index contributed by atoms with van der Waals surface area (Å²) in [6, 6.07) is 10.6. The van der Waals surface area contributed by atoms with Crippen LogP contribution in [0, 0.1) is 0 Å². The van der Waals surface area contributed by atoms with Gasteiger partial charge in [-0.3, -0.25) is 4.79 Å². The SMILES string of the molecule is CCOc1ccc(C(=O)N(Cc2cccs2)C2CCS(=O)(=O)C2)cc1. The quantitative estimate of drug-likeness (QED) is 0.774. The Bertz CT molecular complexity index is 813. The number of carbonyl (C=O) groups excluding carboxylic acids is 1. The van der Waals surface area contributed by atoms with Crippen molar-refractivity contribution in [2.45, 2.75) is 25.9 Å². The summed E-state index contributed by atoms with van der Waals surface area (Å²) in [5.74, 6) is 0.766. The largest absolute Gasteiger partial charge is 0.494 e. The molecule has 134 valence electrons. The maximum Gasteiger partial charge on any atom is 0.254 e. The van der Waals surface area contributed by atoms with Crippen molar-refractivity contribution in [3.05, 3.63) is 52.2 Å². The van der Waals surface area contributed by atoms with Crippen molar-refractivity contribution in [1.82, 2.24) is 4.90 Å². The van der Waals surface area contributed by atoms with Gasteiger partial charge in [0.05, 0.1) is 24.7 Å². The smallest absolute Gasteiger partial charge is 0.254 e. The average molecular weight is 380 g/mol. The monoisotopic (exact) mass is 379 g/mol. The van der Waals surface area contributed by atoms with Crippen LogP contribution in [0.1, 0.15) is 28.6 Å². The third kappa shape index (κ3) is 4.41. The highest BCUT2D eigenvalue weighted by Crippen LogP contribution is 2.24. The van der Waals surface area contributed by atoms with E-state index in [2.05, 4.69) is 0 Å². The molecule has 0 aliphatic carbocycles. The molecule has 0 N–H and O–H groups in total. The van der Waals surface area contributed by atoms with E-state index in [1.807, 2.05) is 24.4 Å². The van der Waals surface area contributed by atoms with Gasteiger partial charge in [-0.05, 0) is 49.1 Å².